The summed E-state index contributed by atoms with van der Waals surface area (Å²) >= 11 is -2.51. The predicted octanol–water partition coefficient (Wildman–Crippen LogP) is 15.5. The molecule has 3 aromatic rings. The second kappa shape index (κ2) is 33.4. The van der Waals surface area contributed by atoms with Gasteiger partial charge in [0.1, 0.15) is 11.5 Å². The molecular weight excluding hydrogens is 1090 g/mol. The Kier molecular flexibility index (Phi) is 29.5. The molecule has 0 bridgehead atoms. The van der Waals surface area contributed by atoms with Crippen molar-refractivity contribution in [3.63, 3.8) is 0 Å². The molecule has 3 aromatic carbocycles. The number of amides is 2. The second-order valence-corrected chi connectivity index (χ2v) is 20.9. The quantitative estimate of drug-likeness (QED) is 0.0290. The van der Waals surface area contributed by atoms with Gasteiger partial charge >= 0.3 is 32.3 Å². The maximum absolute atomic E-state index is 12.2. The Balaban J connectivity index is 0.00000530. The van der Waals surface area contributed by atoms with Crippen LogP contribution in [0.4, 0.5) is 22.7 Å². The first kappa shape index (κ1) is 60.9. The zero-order chi connectivity index (χ0) is 51.2. The van der Waals surface area contributed by atoms with E-state index in [0.717, 1.165) is 36.8 Å². The summed E-state index contributed by atoms with van der Waals surface area (Å²) in [5.74, 6) is 0.316. The number of aromatic hydroxyl groups is 2. The predicted molar refractivity (Wildman–Crippen MR) is 279 cm³/mol. The third-order valence-electron chi connectivity index (χ3n) is 11.9. The average Bonchev–Trinajstić information content (AvgIpc) is 3.27. The number of nitrogens with one attached hydrogen (secondary N) is 2. The SMILES string of the molecule is CCCCCCCCCCCCOc1cc(N=Cc2cc(C(C)(C)C)cc(NC(C)=O)c2O)c(N=Cc2cc(C(C)(C)C)cc(NC(C)=O)c2O)cc1OCCCCCCCCCCCC.[O]=[U]=[O]. The molecule has 0 saturated carbocycles. The Morgan fingerprint density at radius 3 is 1.09 bits per heavy atom. The minimum absolute atomic E-state index is 0.102. The van der Waals surface area contributed by atoms with Crippen LogP contribution in [0, 0.1) is 27.8 Å². The first-order chi connectivity index (χ1) is 32.9. The van der Waals surface area contributed by atoms with Gasteiger partial charge in [0.15, 0.2) is 11.5 Å². The van der Waals surface area contributed by atoms with Crippen molar-refractivity contribution in [3.8, 4) is 23.0 Å². The number of ether oxygens (including phenoxy) is 2. The molecule has 0 saturated heterocycles. The molecule has 0 spiro atoms. The summed E-state index contributed by atoms with van der Waals surface area (Å²) in [7, 11) is 0. The molecule has 3 rings (SSSR count). The first-order valence-corrected chi connectivity index (χ1v) is 29.1. The van der Waals surface area contributed by atoms with Crippen LogP contribution in [0.2, 0.25) is 0 Å². The zero-order valence-corrected chi connectivity index (χ0v) is 48.1. The average molecular weight is 1180 g/mol. The van der Waals surface area contributed by atoms with Crippen LogP contribution in [0.1, 0.15) is 220 Å². The zero-order valence-electron chi connectivity index (χ0n) is 43.9. The van der Waals surface area contributed by atoms with Gasteiger partial charge in [-0.15, -0.1) is 0 Å². The standard InChI is InChI=1S/C56H86N4O6.2O.U/c1-11-13-15-17-19-21-23-25-27-29-31-65-51-37-47(57-39-43-33-45(55(5,6)7)35-49(53(43)63)59-41(3)61)48(38-52(51)66-32-30-28-26-24-22-20-18-16-14-12-2)58-40-44-34-46(56(8,9)10)36-50(54(44)64)60-42(4)62;;;/h33-40,63-64H,11-32H2,1-10H3,(H,59,61)(H,60,62);;;. The first-order valence-electron chi connectivity index (χ1n) is 25.7. The molecule has 13 heteroatoms. The van der Waals surface area contributed by atoms with Gasteiger partial charge in [0.25, 0.3) is 0 Å². The normalized spacial score (nSPS) is 11.6. The van der Waals surface area contributed by atoms with Crippen LogP contribution in [-0.4, -0.2) is 47.7 Å². The molecule has 2 amide bonds. The van der Waals surface area contributed by atoms with Gasteiger partial charge in [-0.1, -0.05) is 171 Å². The van der Waals surface area contributed by atoms with Crippen molar-refractivity contribution in [1.82, 2.24) is 0 Å². The van der Waals surface area contributed by atoms with E-state index in [0.29, 0.717) is 58.6 Å². The van der Waals surface area contributed by atoms with E-state index >= 15 is 0 Å². The van der Waals surface area contributed by atoms with Crippen molar-refractivity contribution in [2.75, 3.05) is 23.8 Å². The Morgan fingerprint density at radius 2 is 0.812 bits per heavy atom. The second-order valence-electron chi connectivity index (χ2n) is 20.2. The van der Waals surface area contributed by atoms with Gasteiger partial charge in [-0.05, 0) is 59.1 Å². The Morgan fingerprint density at radius 1 is 0.522 bits per heavy atom. The molecule has 0 heterocycles. The summed E-state index contributed by atoms with van der Waals surface area (Å²) < 4.78 is 30.2. The molecule has 0 radical (unpaired) electrons. The summed E-state index contributed by atoms with van der Waals surface area (Å²) in [5.41, 5.74) is 3.58. The summed E-state index contributed by atoms with van der Waals surface area (Å²) in [5, 5.41) is 28.3. The van der Waals surface area contributed by atoms with Crippen molar-refractivity contribution in [1.29, 1.82) is 0 Å². The Bertz CT molecular complexity index is 1970. The summed E-state index contributed by atoms with van der Waals surface area (Å²) in [6.07, 6.45) is 27.6. The molecule has 69 heavy (non-hydrogen) atoms. The van der Waals surface area contributed by atoms with Crippen molar-refractivity contribution >= 4 is 47.0 Å². The van der Waals surface area contributed by atoms with Crippen LogP contribution in [-0.2, 0) is 24.9 Å². The Labute approximate surface area is 430 Å². The molecule has 0 fully saturated rings. The Hall–Kier alpha value is -4.21. The number of carbonyl (C=O) groups excluding carboxylic acids is 2. The van der Waals surface area contributed by atoms with Crippen LogP contribution < -0.4 is 20.1 Å². The number of anilines is 2. The van der Waals surface area contributed by atoms with Crippen molar-refractivity contribution in [2.24, 2.45) is 9.98 Å². The van der Waals surface area contributed by atoms with Gasteiger partial charge in [0, 0.05) is 49.5 Å². The number of hydrogen-bond acceptors (Lipinski definition) is 10. The molecule has 0 aromatic heterocycles. The molecule has 4 N–H and O–H groups in total. The topological polar surface area (TPSA) is 176 Å². The van der Waals surface area contributed by atoms with Crippen molar-refractivity contribution < 1.29 is 61.6 Å². The van der Waals surface area contributed by atoms with E-state index in [4.69, 9.17) is 23.9 Å². The van der Waals surface area contributed by atoms with E-state index in [9.17, 15) is 19.8 Å². The fraction of sp³-hybridized carbons (Fsp3) is 0.607. The number of phenolic OH excluding ortho intramolecular Hbond substituents is 2. The summed E-state index contributed by atoms with van der Waals surface area (Å²) in [6, 6.07) is 11.0. The van der Waals surface area contributed by atoms with E-state index < -0.39 is 27.8 Å². The van der Waals surface area contributed by atoms with Crippen LogP contribution in [0.5, 0.6) is 23.0 Å². The number of carbonyl (C=O) groups is 2. The number of aliphatic imine (C=N–C) groups is 2. The summed E-state index contributed by atoms with van der Waals surface area (Å²) in [6.45, 7) is 20.8. The molecule has 0 aliphatic carbocycles. The molecule has 0 unspecified atom stereocenters. The molecular formula is C56H86N4O8U. The minimum atomic E-state index is -2.51. The maximum atomic E-state index is 12.2. The van der Waals surface area contributed by atoms with E-state index in [1.807, 2.05) is 24.3 Å². The molecule has 12 nitrogen and oxygen atoms in total. The van der Waals surface area contributed by atoms with E-state index in [1.54, 1.807) is 24.6 Å². The monoisotopic (exact) mass is 1180 g/mol. The number of phenols is 2. The van der Waals surface area contributed by atoms with E-state index in [1.165, 1.54) is 117 Å². The molecule has 0 atom stereocenters. The third kappa shape index (κ3) is 24.5. The molecule has 382 valence electrons. The number of hydrogen-bond donors (Lipinski definition) is 4. The van der Waals surface area contributed by atoms with Crippen LogP contribution in [0.25, 0.3) is 0 Å². The number of unbranched alkanes of at least 4 members (excludes halogenated alkanes) is 18. The number of benzene rings is 3. The molecule has 0 aliphatic rings. The van der Waals surface area contributed by atoms with Crippen molar-refractivity contribution in [2.45, 2.75) is 208 Å². The van der Waals surface area contributed by atoms with Gasteiger partial charge in [-0.2, -0.15) is 0 Å². The number of rotatable bonds is 30. The van der Waals surface area contributed by atoms with Crippen molar-refractivity contribution in [3.05, 3.63) is 58.7 Å². The van der Waals surface area contributed by atoms with Gasteiger partial charge < -0.3 is 30.3 Å². The van der Waals surface area contributed by atoms with Crippen LogP contribution in [0.3, 0.4) is 0 Å². The van der Waals surface area contributed by atoms with E-state index in [-0.39, 0.29) is 34.1 Å². The number of nitrogens with zero attached hydrogens (tertiary/aromatic N) is 2. The van der Waals surface area contributed by atoms with Gasteiger partial charge in [0.2, 0.25) is 11.8 Å². The van der Waals surface area contributed by atoms with Gasteiger partial charge in [0.05, 0.1) is 36.0 Å². The molecule has 0 aliphatic heterocycles. The fourth-order valence-electron chi connectivity index (χ4n) is 7.74. The van der Waals surface area contributed by atoms with Crippen LogP contribution >= 0.6 is 0 Å². The van der Waals surface area contributed by atoms with Gasteiger partial charge in [-0.25, -0.2) is 0 Å². The third-order valence-corrected chi connectivity index (χ3v) is 11.9. The van der Waals surface area contributed by atoms with Crippen LogP contribution in [0.15, 0.2) is 46.4 Å². The van der Waals surface area contributed by atoms with Gasteiger partial charge in [-0.3, -0.25) is 19.6 Å². The fourth-order valence-corrected chi connectivity index (χ4v) is 7.74. The summed E-state index contributed by atoms with van der Waals surface area (Å²) in [4.78, 5) is 34.2. The van der Waals surface area contributed by atoms with E-state index in [2.05, 4.69) is 66.0 Å².